The maximum atomic E-state index is 12.8. The molecule has 4 rings (SSSR count). The van der Waals surface area contributed by atoms with Gasteiger partial charge in [-0.25, -0.2) is 4.98 Å². The van der Waals surface area contributed by atoms with Gasteiger partial charge in [0.1, 0.15) is 0 Å². The van der Waals surface area contributed by atoms with E-state index in [1.165, 1.54) is 17.7 Å². The van der Waals surface area contributed by atoms with Gasteiger partial charge in [-0.1, -0.05) is 23.7 Å². The monoisotopic (exact) mass is 389 g/mol. The van der Waals surface area contributed by atoms with E-state index in [0.717, 1.165) is 23.7 Å². The smallest absolute Gasteiger partial charge is 0.278 e. The number of nitrogens with one attached hydrogen (secondary N) is 1. The van der Waals surface area contributed by atoms with Crippen molar-refractivity contribution in [3.05, 3.63) is 52.8 Å². The van der Waals surface area contributed by atoms with E-state index in [1.54, 1.807) is 0 Å². The van der Waals surface area contributed by atoms with E-state index in [0.29, 0.717) is 29.7 Å². The molecule has 0 saturated carbocycles. The quantitative estimate of drug-likeness (QED) is 0.726. The molecule has 1 amide bonds. The predicted molar refractivity (Wildman–Crippen MR) is 102 cm³/mol. The van der Waals surface area contributed by atoms with Gasteiger partial charge in [-0.15, -0.1) is 11.3 Å². The molecule has 3 aromatic rings. The summed E-state index contributed by atoms with van der Waals surface area (Å²) in [6.45, 7) is 2.70. The topological polar surface area (TPSA) is 67.6 Å². The lowest BCUT2D eigenvalue weighted by Crippen LogP contribution is -2.37. The van der Waals surface area contributed by atoms with Crippen molar-refractivity contribution in [3.63, 3.8) is 0 Å². The summed E-state index contributed by atoms with van der Waals surface area (Å²) in [5.74, 6) is 0.131. The fraction of sp³-hybridized carbons (Fsp3) is 0.222. The third-order valence-electron chi connectivity index (χ3n) is 4.09. The molecule has 0 spiro atoms. The molecule has 8 heteroatoms. The number of para-hydroxylation sites is 1. The number of nitrogens with zero attached hydrogens (tertiary/aromatic N) is 2. The molecular weight excluding hydrogens is 374 g/mol. The highest BCUT2D eigenvalue weighted by molar-refractivity contribution is 7.13. The summed E-state index contributed by atoms with van der Waals surface area (Å²) in [5, 5.41) is 5.44. The molecule has 1 aliphatic rings. The minimum Gasteiger partial charge on any atom is -0.442 e. The number of aromatic nitrogens is 1. The molecular formula is C18H16ClN3O3S. The molecule has 6 nitrogen and oxygen atoms in total. The SMILES string of the molecule is O=C(Nc1cccc(Cl)c1N1CCOCC1)c1ncoc1-c1cccs1. The average molecular weight is 390 g/mol. The van der Waals surface area contributed by atoms with Crippen LogP contribution in [0.1, 0.15) is 10.5 Å². The third-order valence-corrected chi connectivity index (χ3v) is 5.26. The number of halogens is 1. The fourth-order valence-electron chi connectivity index (χ4n) is 2.90. The van der Waals surface area contributed by atoms with Crippen LogP contribution < -0.4 is 10.2 Å². The molecule has 1 aromatic carbocycles. The molecule has 0 unspecified atom stereocenters. The van der Waals surface area contributed by atoms with Gasteiger partial charge in [0, 0.05) is 13.1 Å². The zero-order valence-electron chi connectivity index (χ0n) is 13.8. The van der Waals surface area contributed by atoms with Crippen LogP contribution in [0.4, 0.5) is 11.4 Å². The summed E-state index contributed by atoms with van der Waals surface area (Å²) >= 11 is 7.91. The van der Waals surface area contributed by atoms with Gasteiger partial charge >= 0.3 is 0 Å². The Morgan fingerprint density at radius 1 is 1.23 bits per heavy atom. The standard InChI is InChI=1S/C18H16ClN3O3S/c19-12-3-1-4-13(16(12)22-6-8-24-9-7-22)21-18(23)15-17(25-11-20-15)14-5-2-10-26-14/h1-5,10-11H,6-9H2,(H,21,23). The van der Waals surface area contributed by atoms with Gasteiger partial charge in [0.15, 0.2) is 17.8 Å². The fourth-order valence-corrected chi connectivity index (χ4v) is 3.90. The van der Waals surface area contributed by atoms with Crippen molar-refractivity contribution in [2.24, 2.45) is 0 Å². The molecule has 134 valence electrons. The first-order valence-electron chi connectivity index (χ1n) is 8.14. The van der Waals surface area contributed by atoms with E-state index >= 15 is 0 Å². The lowest BCUT2D eigenvalue weighted by atomic mass is 10.2. The Hall–Kier alpha value is -2.35. The lowest BCUT2D eigenvalue weighted by Gasteiger charge is -2.31. The summed E-state index contributed by atoms with van der Waals surface area (Å²) in [6.07, 6.45) is 1.28. The van der Waals surface area contributed by atoms with Gasteiger partial charge in [-0.05, 0) is 23.6 Å². The van der Waals surface area contributed by atoms with Crippen molar-refractivity contribution in [1.29, 1.82) is 0 Å². The first-order chi connectivity index (χ1) is 12.7. The number of benzene rings is 1. The van der Waals surface area contributed by atoms with Gasteiger partial charge in [0.05, 0.1) is 34.5 Å². The Morgan fingerprint density at radius 3 is 2.85 bits per heavy atom. The third kappa shape index (κ3) is 3.33. The molecule has 2 aromatic heterocycles. The van der Waals surface area contributed by atoms with E-state index in [1.807, 2.05) is 35.7 Å². The molecule has 1 N–H and O–H groups in total. The Labute approximate surface area is 159 Å². The van der Waals surface area contributed by atoms with Crippen LogP contribution in [0.5, 0.6) is 0 Å². The van der Waals surface area contributed by atoms with Gasteiger partial charge in [0.25, 0.3) is 5.91 Å². The Morgan fingerprint density at radius 2 is 2.08 bits per heavy atom. The van der Waals surface area contributed by atoms with Crippen molar-refractivity contribution >= 4 is 40.2 Å². The Balaban J connectivity index is 1.63. The normalized spacial score (nSPS) is 14.4. The molecule has 3 heterocycles. The highest BCUT2D eigenvalue weighted by Crippen LogP contribution is 2.35. The second-order valence-electron chi connectivity index (χ2n) is 5.70. The van der Waals surface area contributed by atoms with E-state index < -0.39 is 0 Å². The van der Waals surface area contributed by atoms with Crippen LogP contribution in [0.2, 0.25) is 5.02 Å². The first-order valence-corrected chi connectivity index (χ1v) is 9.39. The zero-order chi connectivity index (χ0) is 17.9. The maximum Gasteiger partial charge on any atom is 0.278 e. The van der Waals surface area contributed by atoms with E-state index in [-0.39, 0.29) is 11.6 Å². The Bertz CT molecular complexity index is 904. The minimum absolute atomic E-state index is 0.250. The van der Waals surface area contributed by atoms with Gasteiger partial charge in [0.2, 0.25) is 0 Å². The van der Waals surface area contributed by atoms with E-state index in [4.69, 9.17) is 20.8 Å². The summed E-state index contributed by atoms with van der Waals surface area (Å²) in [4.78, 5) is 19.9. The Kier molecular flexibility index (Phi) is 4.92. The molecule has 0 bridgehead atoms. The highest BCUT2D eigenvalue weighted by atomic mass is 35.5. The number of carbonyl (C=O) groups excluding carboxylic acids is 1. The van der Waals surface area contributed by atoms with Crippen LogP contribution in [-0.2, 0) is 4.74 Å². The summed E-state index contributed by atoms with van der Waals surface area (Å²) < 4.78 is 10.8. The van der Waals surface area contributed by atoms with Gasteiger partial charge < -0.3 is 19.4 Å². The molecule has 0 atom stereocenters. The number of amides is 1. The number of anilines is 2. The van der Waals surface area contributed by atoms with Crippen LogP contribution in [-0.4, -0.2) is 37.2 Å². The van der Waals surface area contributed by atoms with Crippen molar-refractivity contribution in [3.8, 4) is 10.6 Å². The molecule has 1 saturated heterocycles. The number of ether oxygens (including phenoxy) is 1. The van der Waals surface area contributed by atoms with Gasteiger partial charge in [-0.2, -0.15) is 0 Å². The number of oxazole rings is 1. The summed E-state index contributed by atoms with van der Waals surface area (Å²) in [5.41, 5.74) is 1.69. The van der Waals surface area contributed by atoms with E-state index in [2.05, 4.69) is 15.2 Å². The van der Waals surface area contributed by atoms with Crippen molar-refractivity contribution in [2.75, 3.05) is 36.5 Å². The van der Waals surface area contributed by atoms with Crippen molar-refractivity contribution in [1.82, 2.24) is 4.98 Å². The largest absolute Gasteiger partial charge is 0.442 e. The molecule has 1 aliphatic heterocycles. The predicted octanol–water partition coefficient (Wildman–Crippen LogP) is 4.15. The first kappa shape index (κ1) is 17.1. The van der Waals surface area contributed by atoms with Crippen LogP contribution in [0, 0.1) is 0 Å². The highest BCUT2D eigenvalue weighted by Gasteiger charge is 2.23. The number of morpholine rings is 1. The number of thiophene rings is 1. The van der Waals surface area contributed by atoms with E-state index in [9.17, 15) is 4.79 Å². The van der Waals surface area contributed by atoms with Gasteiger partial charge in [-0.3, -0.25) is 4.79 Å². The maximum absolute atomic E-state index is 12.8. The number of rotatable bonds is 4. The van der Waals surface area contributed by atoms with Crippen LogP contribution in [0.15, 0.2) is 46.5 Å². The number of hydrogen-bond donors (Lipinski definition) is 1. The second kappa shape index (κ2) is 7.49. The lowest BCUT2D eigenvalue weighted by molar-refractivity contribution is 0.102. The molecule has 0 aliphatic carbocycles. The minimum atomic E-state index is -0.334. The van der Waals surface area contributed by atoms with Crippen molar-refractivity contribution < 1.29 is 13.9 Å². The van der Waals surface area contributed by atoms with Crippen LogP contribution >= 0.6 is 22.9 Å². The number of hydrogen-bond acceptors (Lipinski definition) is 6. The molecule has 0 radical (unpaired) electrons. The summed E-state index contributed by atoms with van der Waals surface area (Å²) in [7, 11) is 0. The average Bonchev–Trinajstić information content (AvgIpc) is 3.34. The molecule has 26 heavy (non-hydrogen) atoms. The van der Waals surface area contributed by atoms with Crippen LogP contribution in [0.3, 0.4) is 0 Å². The zero-order valence-corrected chi connectivity index (χ0v) is 15.3. The number of carbonyl (C=O) groups is 1. The van der Waals surface area contributed by atoms with Crippen molar-refractivity contribution in [2.45, 2.75) is 0 Å². The van der Waals surface area contributed by atoms with Crippen LogP contribution in [0.25, 0.3) is 10.6 Å². The summed E-state index contributed by atoms with van der Waals surface area (Å²) in [6, 6.07) is 9.25. The molecule has 1 fully saturated rings. The second-order valence-corrected chi connectivity index (χ2v) is 7.05.